The van der Waals surface area contributed by atoms with Gasteiger partial charge in [-0.05, 0) is 42.7 Å². The number of hydrogen-bond donors (Lipinski definition) is 1. The Bertz CT molecular complexity index is 1110. The summed E-state index contributed by atoms with van der Waals surface area (Å²) in [6, 6.07) is 19.0. The van der Waals surface area contributed by atoms with Gasteiger partial charge >= 0.3 is 0 Å². The molecule has 174 valence electrons. The highest BCUT2D eigenvalue weighted by Crippen LogP contribution is 2.26. The average Bonchev–Trinajstić information content (AvgIpc) is 3.17. The van der Waals surface area contributed by atoms with Crippen molar-refractivity contribution in [2.24, 2.45) is 5.92 Å². The van der Waals surface area contributed by atoms with Crippen molar-refractivity contribution < 1.29 is 9.59 Å². The summed E-state index contributed by atoms with van der Waals surface area (Å²) in [7, 11) is 0. The molecule has 0 atom stereocenters. The number of carbonyl (C=O) groups is 2. The number of aryl methyl sites for hydroxylation is 1. The summed E-state index contributed by atoms with van der Waals surface area (Å²) in [6.45, 7) is 12.8. The number of nitrogens with one attached hydrogen (secondary N) is 1. The molecule has 0 saturated carbocycles. The number of anilines is 1. The summed E-state index contributed by atoms with van der Waals surface area (Å²) >= 11 is 0. The Hall–Kier alpha value is -3.41. The summed E-state index contributed by atoms with van der Waals surface area (Å²) < 4.78 is 1.76. The maximum Gasteiger partial charge on any atom is 0.254 e. The fraction of sp³-hybridized carbons (Fsp3) is 0.370. The van der Waals surface area contributed by atoms with Crippen LogP contribution in [-0.4, -0.2) is 39.6 Å². The Morgan fingerprint density at radius 2 is 1.73 bits per heavy atom. The Kier molecular flexibility index (Phi) is 7.36. The van der Waals surface area contributed by atoms with E-state index in [1.807, 2.05) is 69.3 Å². The van der Waals surface area contributed by atoms with E-state index in [2.05, 4.69) is 26.1 Å². The maximum atomic E-state index is 13.1. The van der Waals surface area contributed by atoms with E-state index in [9.17, 15) is 9.59 Å². The van der Waals surface area contributed by atoms with Crippen molar-refractivity contribution >= 4 is 17.6 Å². The van der Waals surface area contributed by atoms with Gasteiger partial charge in [0.2, 0.25) is 5.91 Å². The van der Waals surface area contributed by atoms with Crippen LogP contribution < -0.4 is 5.32 Å². The van der Waals surface area contributed by atoms with E-state index >= 15 is 0 Å². The van der Waals surface area contributed by atoms with Crippen LogP contribution >= 0.6 is 0 Å². The van der Waals surface area contributed by atoms with E-state index in [1.54, 1.807) is 21.7 Å². The van der Waals surface area contributed by atoms with E-state index < -0.39 is 0 Å². The Balaban J connectivity index is 1.87. The Morgan fingerprint density at radius 1 is 1.03 bits per heavy atom. The zero-order chi connectivity index (χ0) is 24.2. The molecular weight excluding hydrogens is 412 g/mol. The quantitative estimate of drug-likeness (QED) is 0.541. The van der Waals surface area contributed by atoms with Gasteiger partial charge in [0.05, 0.1) is 11.4 Å². The van der Waals surface area contributed by atoms with Crippen molar-refractivity contribution in [1.82, 2.24) is 14.7 Å². The molecule has 6 nitrogen and oxygen atoms in total. The summed E-state index contributed by atoms with van der Waals surface area (Å²) in [4.78, 5) is 27.8. The third-order valence-electron chi connectivity index (χ3n) is 5.22. The first-order valence-electron chi connectivity index (χ1n) is 11.4. The molecule has 6 heteroatoms. The molecule has 1 N–H and O–H groups in total. The molecule has 3 rings (SSSR count). The standard InChI is InChI=1S/C27H34N4O2/c1-19(2)17-30(26(33)21-12-8-7-9-13-21)18-25(32)28-24-16-23(27(4,5)6)29-31(24)22-14-10-11-20(3)15-22/h7-16,19H,17-18H2,1-6H3,(H,28,32). The summed E-state index contributed by atoms with van der Waals surface area (Å²) in [5, 5.41) is 7.78. The summed E-state index contributed by atoms with van der Waals surface area (Å²) in [6.07, 6.45) is 0. The van der Waals surface area contributed by atoms with Gasteiger partial charge < -0.3 is 10.2 Å². The third-order valence-corrected chi connectivity index (χ3v) is 5.22. The Morgan fingerprint density at radius 3 is 2.33 bits per heavy atom. The molecule has 1 heterocycles. The SMILES string of the molecule is Cc1cccc(-n2nc(C(C)(C)C)cc2NC(=O)CN(CC(C)C)C(=O)c2ccccc2)c1. The molecule has 2 amide bonds. The van der Waals surface area contributed by atoms with Gasteiger partial charge in [-0.15, -0.1) is 0 Å². The van der Waals surface area contributed by atoms with Gasteiger partial charge in [0.25, 0.3) is 5.91 Å². The van der Waals surface area contributed by atoms with Crippen LogP contribution in [0.2, 0.25) is 0 Å². The summed E-state index contributed by atoms with van der Waals surface area (Å²) in [5.74, 6) is 0.416. The number of benzene rings is 2. The van der Waals surface area contributed by atoms with Gasteiger partial charge in [0.1, 0.15) is 12.4 Å². The van der Waals surface area contributed by atoms with Crippen LogP contribution in [-0.2, 0) is 10.2 Å². The van der Waals surface area contributed by atoms with Gasteiger partial charge in [-0.3, -0.25) is 9.59 Å². The lowest BCUT2D eigenvalue weighted by atomic mass is 9.92. The van der Waals surface area contributed by atoms with Crippen molar-refractivity contribution in [3.05, 3.63) is 77.5 Å². The number of carbonyl (C=O) groups excluding carboxylic acids is 2. The molecule has 0 bridgehead atoms. The Labute approximate surface area is 196 Å². The van der Waals surface area contributed by atoms with Crippen LogP contribution in [0, 0.1) is 12.8 Å². The minimum Gasteiger partial charge on any atom is -0.329 e. The molecule has 0 aliphatic heterocycles. The predicted octanol–water partition coefficient (Wildman–Crippen LogP) is 5.22. The van der Waals surface area contributed by atoms with Gasteiger partial charge in [-0.25, -0.2) is 4.68 Å². The van der Waals surface area contributed by atoms with Gasteiger partial charge in [0.15, 0.2) is 0 Å². The molecule has 1 aromatic heterocycles. The molecule has 0 spiro atoms. The highest BCUT2D eigenvalue weighted by molar-refractivity contribution is 5.99. The largest absolute Gasteiger partial charge is 0.329 e. The van der Waals surface area contributed by atoms with Crippen LogP contribution in [0.5, 0.6) is 0 Å². The minimum absolute atomic E-state index is 0.0320. The first-order valence-corrected chi connectivity index (χ1v) is 11.4. The molecular formula is C27H34N4O2. The van der Waals surface area contributed by atoms with Crippen LogP contribution in [0.15, 0.2) is 60.7 Å². The monoisotopic (exact) mass is 446 g/mol. The van der Waals surface area contributed by atoms with E-state index in [1.165, 1.54) is 0 Å². The topological polar surface area (TPSA) is 67.2 Å². The molecule has 0 aliphatic rings. The van der Waals surface area contributed by atoms with E-state index in [-0.39, 0.29) is 29.7 Å². The van der Waals surface area contributed by atoms with E-state index in [0.717, 1.165) is 16.9 Å². The lowest BCUT2D eigenvalue weighted by Gasteiger charge is -2.24. The molecule has 2 aromatic carbocycles. The fourth-order valence-corrected chi connectivity index (χ4v) is 3.57. The number of nitrogens with zero attached hydrogens (tertiary/aromatic N) is 3. The molecule has 0 saturated heterocycles. The zero-order valence-electron chi connectivity index (χ0n) is 20.4. The highest BCUT2D eigenvalue weighted by atomic mass is 16.2. The second-order valence-corrected chi connectivity index (χ2v) is 9.91. The lowest BCUT2D eigenvalue weighted by Crippen LogP contribution is -2.40. The smallest absolute Gasteiger partial charge is 0.254 e. The first-order chi connectivity index (χ1) is 15.5. The second kappa shape index (κ2) is 10.0. The van der Waals surface area contributed by atoms with Gasteiger partial charge in [-0.1, -0.05) is 65.0 Å². The first kappa shape index (κ1) is 24.2. The number of aromatic nitrogens is 2. The number of amides is 2. The van der Waals surface area contributed by atoms with Crippen LogP contribution in [0.1, 0.15) is 56.2 Å². The number of hydrogen-bond acceptors (Lipinski definition) is 3. The van der Waals surface area contributed by atoms with E-state index in [0.29, 0.717) is 17.9 Å². The van der Waals surface area contributed by atoms with Crippen LogP contribution in [0.3, 0.4) is 0 Å². The third kappa shape index (κ3) is 6.31. The molecule has 33 heavy (non-hydrogen) atoms. The maximum absolute atomic E-state index is 13.1. The van der Waals surface area contributed by atoms with Crippen LogP contribution in [0.25, 0.3) is 5.69 Å². The lowest BCUT2D eigenvalue weighted by molar-refractivity contribution is -0.117. The normalized spacial score (nSPS) is 11.5. The molecule has 0 unspecified atom stereocenters. The number of rotatable bonds is 7. The van der Waals surface area contributed by atoms with Crippen molar-refractivity contribution in [2.45, 2.75) is 47.0 Å². The highest BCUT2D eigenvalue weighted by Gasteiger charge is 2.24. The average molecular weight is 447 g/mol. The van der Waals surface area contributed by atoms with Crippen molar-refractivity contribution in [3.8, 4) is 5.69 Å². The molecule has 0 aliphatic carbocycles. The second-order valence-electron chi connectivity index (χ2n) is 9.91. The van der Waals surface area contributed by atoms with Crippen LogP contribution in [0.4, 0.5) is 5.82 Å². The van der Waals surface area contributed by atoms with Gasteiger partial charge in [-0.2, -0.15) is 5.10 Å². The predicted molar refractivity (Wildman–Crippen MR) is 133 cm³/mol. The molecule has 0 fully saturated rings. The zero-order valence-corrected chi connectivity index (χ0v) is 20.4. The molecule has 3 aromatic rings. The van der Waals surface area contributed by atoms with E-state index in [4.69, 9.17) is 5.10 Å². The van der Waals surface area contributed by atoms with Gasteiger partial charge in [0, 0.05) is 23.6 Å². The van der Waals surface area contributed by atoms with Crippen molar-refractivity contribution in [2.75, 3.05) is 18.4 Å². The molecule has 0 radical (unpaired) electrons. The van der Waals surface area contributed by atoms with Crippen molar-refractivity contribution in [1.29, 1.82) is 0 Å². The van der Waals surface area contributed by atoms with Crippen molar-refractivity contribution in [3.63, 3.8) is 0 Å². The fourth-order valence-electron chi connectivity index (χ4n) is 3.57. The summed E-state index contributed by atoms with van der Waals surface area (Å²) in [5.41, 5.74) is 3.25. The minimum atomic E-state index is -0.255.